The zero-order valence-electron chi connectivity index (χ0n) is 11.9. The van der Waals surface area contributed by atoms with Crippen LogP contribution in [0.25, 0.3) is 0 Å². The molecular weight excluding hydrogens is 308 g/mol. The number of anilines is 1. The molecule has 0 aliphatic carbocycles. The summed E-state index contributed by atoms with van der Waals surface area (Å²) in [7, 11) is -3.66. The number of aryl methyl sites for hydroxylation is 1. The normalized spacial score (nSPS) is 11.6. The molecule has 1 aromatic carbocycles. The molecule has 0 aliphatic rings. The van der Waals surface area contributed by atoms with Crippen LogP contribution in [0.15, 0.2) is 46.3 Å². The maximum absolute atomic E-state index is 12.5. The van der Waals surface area contributed by atoms with Gasteiger partial charge >= 0.3 is 0 Å². The Kier molecular flexibility index (Phi) is 4.97. The molecule has 0 spiro atoms. The lowest BCUT2D eigenvalue weighted by Gasteiger charge is -2.10. The standard InChI is InChI=1S/C14H18N2O3S2/c1-3-16-9-12(8-11(16)10-17)21(18,19)15-13-6-4-5-7-14(13)20-2/h4-9,15,17H,3,10H2,1-2H3. The van der Waals surface area contributed by atoms with Crippen molar-refractivity contribution in [2.24, 2.45) is 0 Å². The highest BCUT2D eigenvalue weighted by molar-refractivity contribution is 7.99. The Morgan fingerprint density at radius 3 is 2.62 bits per heavy atom. The van der Waals surface area contributed by atoms with Gasteiger partial charge in [0.2, 0.25) is 0 Å². The summed E-state index contributed by atoms with van der Waals surface area (Å²) in [6.07, 6.45) is 3.43. The summed E-state index contributed by atoms with van der Waals surface area (Å²) in [5.74, 6) is 0. The molecule has 1 aromatic heterocycles. The van der Waals surface area contributed by atoms with Gasteiger partial charge in [-0.15, -0.1) is 11.8 Å². The number of sulfonamides is 1. The number of aliphatic hydroxyl groups excluding tert-OH is 1. The molecule has 2 aromatic rings. The number of benzene rings is 1. The van der Waals surface area contributed by atoms with E-state index in [2.05, 4.69) is 4.72 Å². The predicted octanol–water partition coefficient (Wildman–Crippen LogP) is 2.52. The summed E-state index contributed by atoms with van der Waals surface area (Å²) in [6, 6.07) is 8.73. The van der Waals surface area contributed by atoms with Gasteiger partial charge < -0.3 is 9.67 Å². The van der Waals surface area contributed by atoms with Crippen LogP contribution < -0.4 is 4.72 Å². The Balaban J connectivity index is 2.36. The van der Waals surface area contributed by atoms with E-state index in [-0.39, 0.29) is 11.5 Å². The Bertz CT molecular complexity index is 702. The number of nitrogens with one attached hydrogen (secondary N) is 1. The van der Waals surface area contributed by atoms with Crippen molar-refractivity contribution in [1.29, 1.82) is 0 Å². The molecule has 1 heterocycles. The van der Waals surface area contributed by atoms with E-state index < -0.39 is 10.0 Å². The van der Waals surface area contributed by atoms with Crippen LogP contribution in [-0.2, 0) is 23.2 Å². The summed E-state index contributed by atoms with van der Waals surface area (Å²) in [4.78, 5) is 1.02. The van der Waals surface area contributed by atoms with Gasteiger partial charge in [-0.05, 0) is 31.4 Å². The van der Waals surface area contributed by atoms with Crippen LogP contribution in [0.5, 0.6) is 0 Å². The minimum Gasteiger partial charge on any atom is -0.390 e. The summed E-state index contributed by atoms with van der Waals surface area (Å²) in [6.45, 7) is 2.31. The van der Waals surface area contributed by atoms with Gasteiger partial charge in [0, 0.05) is 23.3 Å². The molecule has 0 atom stereocenters. The average Bonchev–Trinajstić information content (AvgIpc) is 2.91. The molecule has 0 aliphatic heterocycles. The highest BCUT2D eigenvalue weighted by atomic mass is 32.2. The number of aliphatic hydroxyl groups is 1. The van der Waals surface area contributed by atoms with Gasteiger partial charge in [0.25, 0.3) is 10.0 Å². The van der Waals surface area contributed by atoms with E-state index in [0.29, 0.717) is 17.9 Å². The molecule has 2 rings (SSSR count). The molecule has 0 saturated heterocycles. The largest absolute Gasteiger partial charge is 0.390 e. The third-order valence-corrected chi connectivity index (χ3v) is 5.25. The molecule has 0 fully saturated rings. The molecule has 0 amide bonds. The molecule has 114 valence electrons. The zero-order valence-corrected chi connectivity index (χ0v) is 13.5. The number of para-hydroxylation sites is 1. The Morgan fingerprint density at radius 1 is 1.33 bits per heavy atom. The second-order valence-electron chi connectivity index (χ2n) is 4.42. The van der Waals surface area contributed by atoms with Gasteiger partial charge in [0.1, 0.15) is 4.90 Å². The molecule has 0 bridgehead atoms. The van der Waals surface area contributed by atoms with E-state index in [9.17, 15) is 13.5 Å². The number of thioether (sulfide) groups is 1. The lowest BCUT2D eigenvalue weighted by Crippen LogP contribution is -2.12. The highest BCUT2D eigenvalue weighted by Crippen LogP contribution is 2.27. The molecule has 0 unspecified atom stereocenters. The van der Waals surface area contributed by atoms with Crippen molar-refractivity contribution in [3.05, 3.63) is 42.2 Å². The lowest BCUT2D eigenvalue weighted by atomic mass is 10.3. The number of nitrogens with zero attached hydrogens (tertiary/aromatic N) is 1. The lowest BCUT2D eigenvalue weighted by molar-refractivity contribution is 0.271. The Morgan fingerprint density at radius 2 is 2.05 bits per heavy atom. The summed E-state index contributed by atoms with van der Waals surface area (Å²) < 4.78 is 29.2. The summed E-state index contributed by atoms with van der Waals surface area (Å²) >= 11 is 1.48. The molecular formula is C14H18N2O3S2. The van der Waals surface area contributed by atoms with Crippen molar-refractivity contribution >= 4 is 27.5 Å². The van der Waals surface area contributed by atoms with E-state index >= 15 is 0 Å². The van der Waals surface area contributed by atoms with Crippen molar-refractivity contribution in [3.63, 3.8) is 0 Å². The minimum absolute atomic E-state index is 0.157. The number of hydrogen-bond donors (Lipinski definition) is 2. The number of hydrogen-bond acceptors (Lipinski definition) is 4. The van der Waals surface area contributed by atoms with Crippen LogP contribution in [0, 0.1) is 0 Å². The topological polar surface area (TPSA) is 71.3 Å². The van der Waals surface area contributed by atoms with Crippen molar-refractivity contribution < 1.29 is 13.5 Å². The Labute approximate surface area is 129 Å². The van der Waals surface area contributed by atoms with Crippen molar-refractivity contribution in [3.8, 4) is 0 Å². The smallest absolute Gasteiger partial charge is 0.263 e. The van der Waals surface area contributed by atoms with Crippen LogP contribution in [0.1, 0.15) is 12.6 Å². The van der Waals surface area contributed by atoms with Crippen molar-refractivity contribution in [2.45, 2.75) is 29.9 Å². The predicted molar refractivity (Wildman–Crippen MR) is 85.1 cm³/mol. The van der Waals surface area contributed by atoms with E-state index in [0.717, 1.165) is 4.90 Å². The van der Waals surface area contributed by atoms with Gasteiger partial charge in [-0.2, -0.15) is 0 Å². The fourth-order valence-corrected chi connectivity index (χ4v) is 3.79. The first-order chi connectivity index (χ1) is 10.0. The third kappa shape index (κ3) is 3.42. The first-order valence-corrected chi connectivity index (χ1v) is 9.18. The summed E-state index contributed by atoms with van der Waals surface area (Å²) in [5, 5.41) is 9.26. The quantitative estimate of drug-likeness (QED) is 0.800. The fourth-order valence-electron chi connectivity index (χ4n) is 2.03. The van der Waals surface area contributed by atoms with Crippen molar-refractivity contribution in [2.75, 3.05) is 11.0 Å². The van der Waals surface area contributed by atoms with Gasteiger partial charge in [-0.3, -0.25) is 4.72 Å². The molecule has 0 radical (unpaired) electrons. The minimum atomic E-state index is -3.66. The fraction of sp³-hybridized carbons (Fsp3) is 0.286. The van der Waals surface area contributed by atoms with Crippen LogP contribution in [0.4, 0.5) is 5.69 Å². The first-order valence-electron chi connectivity index (χ1n) is 6.47. The summed E-state index contributed by atoms with van der Waals surface area (Å²) in [5.41, 5.74) is 1.14. The van der Waals surface area contributed by atoms with Gasteiger partial charge in [0.05, 0.1) is 12.3 Å². The van der Waals surface area contributed by atoms with Crippen LogP contribution >= 0.6 is 11.8 Å². The van der Waals surface area contributed by atoms with Gasteiger partial charge in [-0.1, -0.05) is 12.1 Å². The van der Waals surface area contributed by atoms with Gasteiger partial charge in [-0.25, -0.2) is 8.42 Å². The third-order valence-electron chi connectivity index (χ3n) is 3.13. The number of aromatic nitrogens is 1. The monoisotopic (exact) mass is 326 g/mol. The maximum Gasteiger partial charge on any atom is 0.263 e. The molecule has 7 heteroatoms. The van der Waals surface area contributed by atoms with Crippen LogP contribution in [0.2, 0.25) is 0 Å². The Hall–Kier alpha value is -1.44. The number of rotatable bonds is 6. The van der Waals surface area contributed by atoms with E-state index in [4.69, 9.17) is 0 Å². The average molecular weight is 326 g/mol. The molecule has 5 nitrogen and oxygen atoms in total. The first kappa shape index (κ1) is 15.9. The highest BCUT2D eigenvalue weighted by Gasteiger charge is 2.19. The van der Waals surface area contributed by atoms with Crippen LogP contribution in [0.3, 0.4) is 0 Å². The molecule has 2 N–H and O–H groups in total. The second-order valence-corrected chi connectivity index (χ2v) is 6.95. The maximum atomic E-state index is 12.5. The van der Waals surface area contributed by atoms with Gasteiger partial charge in [0.15, 0.2) is 0 Å². The zero-order chi connectivity index (χ0) is 15.5. The second kappa shape index (κ2) is 6.55. The van der Waals surface area contributed by atoms with Crippen molar-refractivity contribution in [1.82, 2.24) is 4.57 Å². The van der Waals surface area contributed by atoms with Crippen LogP contribution in [-0.4, -0.2) is 24.3 Å². The van der Waals surface area contributed by atoms with E-state index in [1.165, 1.54) is 24.0 Å². The SMILES string of the molecule is CCn1cc(S(=O)(=O)Nc2ccccc2SC)cc1CO. The van der Waals surface area contributed by atoms with E-state index in [1.54, 1.807) is 16.7 Å². The molecule has 21 heavy (non-hydrogen) atoms. The molecule has 0 saturated carbocycles. The van der Waals surface area contributed by atoms with E-state index in [1.807, 2.05) is 25.3 Å².